The second-order valence-electron chi connectivity index (χ2n) is 6.54. The van der Waals surface area contributed by atoms with Crippen molar-refractivity contribution in [2.75, 3.05) is 13.2 Å². The molecule has 2 unspecified atom stereocenters. The van der Waals surface area contributed by atoms with Crippen molar-refractivity contribution in [2.45, 2.75) is 45.3 Å². The Kier molecular flexibility index (Phi) is 5.46. The maximum absolute atomic E-state index is 13.9. The third-order valence-electron chi connectivity index (χ3n) is 4.41. The number of fused-ring (bicyclic) bond motifs is 1. The summed E-state index contributed by atoms with van der Waals surface area (Å²) in [7, 11) is 0. The number of carbonyl (C=O) groups is 1. The smallest absolute Gasteiger partial charge is 0.315 e. The van der Waals surface area contributed by atoms with Crippen LogP contribution < -0.4 is 15.4 Å². The molecule has 0 saturated heterocycles. The van der Waals surface area contributed by atoms with E-state index < -0.39 is 11.4 Å². The molecule has 128 valence electrons. The van der Waals surface area contributed by atoms with Crippen LogP contribution >= 0.6 is 0 Å². The summed E-state index contributed by atoms with van der Waals surface area (Å²) in [6.07, 6.45) is 1.40. The third-order valence-corrected chi connectivity index (χ3v) is 4.41. The summed E-state index contributed by atoms with van der Waals surface area (Å²) in [6.45, 7) is 6.04. The van der Waals surface area contributed by atoms with E-state index in [4.69, 9.17) is 4.74 Å². The Labute approximate surface area is 136 Å². The first kappa shape index (κ1) is 17.5. The van der Waals surface area contributed by atoms with Crippen LogP contribution in [0.4, 0.5) is 9.18 Å². The zero-order valence-electron chi connectivity index (χ0n) is 13.9. The highest BCUT2D eigenvalue weighted by Crippen LogP contribution is 2.33. The van der Waals surface area contributed by atoms with Crippen molar-refractivity contribution in [3.63, 3.8) is 0 Å². The molecule has 0 saturated carbocycles. The second-order valence-corrected chi connectivity index (χ2v) is 6.54. The Morgan fingerprint density at radius 3 is 2.96 bits per heavy atom. The molecule has 2 rings (SSSR count). The molecule has 0 aromatic heterocycles. The van der Waals surface area contributed by atoms with Gasteiger partial charge in [0.1, 0.15) is 0 Å². The molecule has 3 N–H and O–H groups in total. The number of benzene rings is 1. The molecule has 1 aromatic carbocycles. The molecular formula is C17H25FN2O3. The molecule has 23 heavy (non-hydrogen) atoms. The van der Waals surface area contributed by atoms with Gasteiger partial charge in [0.15, 0.2) is 11.6 Å². The predicted molar refractivity (Wildman–Crippen MR) is 85.9 cm³/mol. The van der Waals surface area contributed by atoms with Crippen LogP contribution in [0, 0.1) is 11.7 Å². The number of aliphatic hydroxyl groups is 1. The van der Waals surface area contributed by atoms with E-state index in [1.807, 2.05) is 13.8 Å². The molecule has 1 aromatic rings. The van der Waals surface area contributed by atoms with Gasteiger partial charge in [0.25, 0.3) is 0 Å². The average molecular weight is 324 g/mol. The number of urea groups is 1. The number of ether oxygens (including phenoxy) is 1. The minimum atomic E-state index is -0.978. The van der Waals surface area contributed by atoms with Crippen LogP contribution in [0.5, 0.6) is 5.75 Å². The molecule has 0 radical (unpaired) electrons. The quantitative estimate of drug-likeness (QED) is 0.797. The molecule has 0 aliphatic carbocycles. The summed E-state index contributed by atoms with van der Waals surface area (Å²) in [6, 6.07) is 4.03. The molecule has 0 bridgehead atoms. The highest BCUT2D eigenvalue weighted by molar-refractivity contribution is 5.74. The second kappa shape index (κ2) is 7.17. The first-order valence-electron chi connectivity index (χ1n) is 7.99. The van der Waals surface area contributed by atoms with Gasteiger partial charge in [0.2, 0.25) is 0 Å². The average Bonchev–Trinajstić information content (AvgIpc) is 2.69. The molecule has 0 fully saturated rings. The third kappa shape index (κ3) is 4.34. The van der Waals surface area contributed by atoms with Gasteiger partial charge in [-0.25, -0.2) is 9.18 Å². The lowest BCUT2D eigenvalue weighted by Gasteiger charge is -2.28. The van der Waals surface area contributed by atoms with E-state index in [2.05, 4.69) is 10.6 Å². The monoisotopic (exact) mass is 324 g/mol. The molecule has 0 spiro atoms. The van der Waals surface area contributed by atoms with Gasteiger partial charge >= 0.3 is 6.03 Å². The van der Waals surface area contributed by atoms with Crippen molar-refractivity contribution in [2.24, 2.45) is 5.92 Å². The van der Waals surface area contributed by atoms with Gasteiger partial charge in [-0.05, 0) is 31.7 Å². The van der Waals surface area contributed by atoms with Gasteiger partial charge in [-0.2, -0.15) is 0 Å². The number of para-hydroxylation sites is 1. The fourth-order valence-corrected chi connectivity index (χ4v) is 2.39. The maximum atomic E-state index is 13.9. The lowest BCUT2D eigenvalue weighted by molar-refractivity contribution is 0.0165. The largest absolute Gasteiger partial charge is 0.490 e. The molecule has 5 nitrogen and oxygen atoms in total. The van der Waals surface area contributed by atoms with E-state index in [1.165, 1.54) is 6.07 Å². The topological polar surface area (TPSA) is 70.6 Å². The van der Waals surface area contributed by atoms with Crippen LogP contribution in [-0.2, 0) is 0 Å². The van der Waals surface area contributed by atoms with Crippen molar-refractivity contribution in [1.82, 2.24) is 10.6 Å². The zero-order chi connectivity index (χ0) is 17.0. The zero-order valence-corrected chi connectivity index (χ0v) is 13.9. The van der Waals surface area contributed by atoms with Gasteiger partial charge < -0.3 is 20.5 Å². The van der Waals surface area contributed by atoms with Gasteiger partial charge in [-0.3, -0.25) is 0 Å². The number of amides is 2. The molecular weight excluding hydrogens is 299 g/mol. The normalized spacial score (nSPS) is 20.0. The van der Waals surface area contributed by atoms with E-state index in [0.717, 1.165) is 6.42 Å². The van der Waals surface area contributed by atoms with Crippen molar-refractivity contribution in [3.8, 4) is 5.75 Å². The number of rotatable bonds is 4. The van der Waals surface area contributed by atoms with Crippen LogP contribution in [0.15, 0.2) is 18.2 Å². The Hall–Kier alpha value is -1.82. The van der Waals surface area contributed by atoms with Gasteiger partial charge in [0.05, 0.1) is 18.2 Å². The van der Waals surface area contributed by atoms with Crippen molar-refractivity contribution in [3.05, 3.63) is 29.6 Å². The van der Waals surface area contributed by atoms with E-state index in [-0.39, 0.29) is 30.3 Å². The van der Waals surface area contributed by atoms with Gasteiger partial charge in [-0.1, -0.05) is 26.0 Å². The van der Waals surface area contributed by atoms with E-state index in [0.29, 0.717) is 18.6 Å². The first-order valence-corrected chi connectivity index (χ1v) is 7.99. The number of halogens is 1. The van der Waals surface area contributed by atoms with Crippen molar-refractivity contribution >= 4 is 6.03 Å². The van der Waals surface area contributed by atoms with E-state index >= 15 is 0 Å². The van der Waals surface area contributed by atoms with Gasteiger partial charge in [-0.15, -0.1) is 0 Å². The van der Waals surface area contributed by atoms with Crippen molar-refractivity contribution < 1.29 is 19.0 Å². The summed E-state index contributed by atoms with van der Waals surface area (Å²) in [5, 5.41) is 15.7. The summed E-state index contributed by atoms with van der Waals surface area (Å²) in [4.78, 5) is 12.1. The summed E-state index contributed by atoms with van der Waals surface area (Å²) in [5.74, 6) is -0.187. The van der Waals surface area contributed by atoms with Crippen LogP contribution in [-0.4, -0.2) is 29.9 Å². The molecule has 1 heterocycles. The SMILES string of the molecule is CC(C)C(C)(O)CNC(=O)NC1CCCOc2c(F)cccc21. The standard InChI is InChI=1S/C17H25FN2O3/c1-11(2)17(3,22)10-19-16(21)20-14-8-5-9-23-15-12(14)6-4-7-13(15)18/h4,6-7,11,14,22H,5,8-10H2,1-3H3,(H2,19,20,21). The molecule has 2 amide bonds. The van der Waals surface area contributed by atoms with Crippen LogP contribution in [0.1, 0.15) is 45.2 Å². The fourth-order valence-electron chi connectivity index (χ4n) is 2.39. The highest BCUT2D eigenvalue weighted by Gasteiger charge is 2.27. The Morgan fingerprint density at radius 1 is 1.52 bits per heavy atom. The molecule has 2 atom stereocenters. The first-order chi connectivity index (χ1) is 10.8. The van der Waals surface area contributed by atoms with Crippen LogP contribution in [0.3, 0.4) is 0 Å². The summed E-state index contributed by atoms with van der Waals surface area (Å²) in [5.41, 5.74) is -0.332. The minimum absolute atomic E-state index is 0.0175. The lowest BCUT2D eigenvalue weighted by Crippen LogP contribution is -2.48. The number of hydrogen-bond acceptors (Lipinski definition) is 3. The Balaban J connectivity index is 2.03. The minimum Gasteiger partial charge on any atom is -0.490 e. The molecule has 6 heteroatoms. The Morgan fingerprint density at radius 2 is 2.26 bits per heavy atom. The maximum Gasteiger partial charge on any atom is 0.315 e. The summed E-state index contributed by atoms with van der Waals surface area (Å²) < 4.78 is 19.3. The lowest BCUT2D eigenvalue weighted by atomic mass is 9.93. The molecule has 1 aliphatic rings. The van der Waals surface area contributed by atoms with E-state index in [9.17, 15) is 14.3 Å². The summed E-state index contributed by atoms with van der Waals surface area (Å²) >= 11 is 0. The number of nitrogens with one attached hydrogen (secondary N) is 2. The fraction of sp³-hybridized carbons (Fsp3) is 0.588. The molecule has 1 aliphatic heterocycles. The van der Waals surface area contributed by atoms with Crippen LogP contribution in [0.2, 0.25) is 0 Å². The Bertz CT molecular complexity index is 561. The predicted octanol–water partition coefficient (Wildman–Crippen LogP) is 2.75. The van der Waals surface area contributed by atoms with Crippen molar-refractivity contribution in [1.29, 1.82) is 0 Å². The van der Waals surface area contributed by atoms with Gasteiger partial charge in [0, 0.05) is 12.1 Å². The van der Waals surface area contributed by atoms with E-state index in [1.54, 1.807) is 19.1 Å². The highest BCUT2D eigenvalue weighted by atomic mass is 19.1. The number of hydrogen-bond donors (Lipinski definition) is 3. The number of carbonyl (C=O) groups excluding carboxylic acids is 1. The van der Waals surface area contributed by atoms with Crippen LogP contribution in [0.25, 0.3) is 0 Å².